The number of rotatable bonds is 6. The Morgan fingerprint density at radius 1 is 1.16 bits per heavy atom. The second-order valence-corrected chi connectivity index (χ2v) is 7.50. The number of hydrogen-bond donors (Lipinski definition) is 2. The molecule has 0 amide bonds. The fourth-order valence-electron chi connectivity index (χ4n) is 3.98. The van der Waals surface area contributed by atoms with Crippen molar-refractivity contribution in [3.8, 4) is 0 Å². The second kappa shape index (κ2) is 11.6. The topological polar surface area (TPSA) is 52.1 Å². The molecule has 2 aliphatic heterocycles. The Hall–Kier alpha value is -0.120. The first kappa shape index (κ1) is 22.9. The molecule has 0 aromatic carbocycles. The minimum absolute atomic E-state index is 0. The lowest BCUT2D eigenvalue weighted by molar-refractivity contribution is 0.0172. The van der Waals surface area contributed by atoms with Gasteiger partial charge in [0.25, 0.3) is 0 Å². The van der Waals surface area contributed by atoms with E-state index in [1.807, 2.05) is 7.05 Å². The van der Waals surface area contributed by atoms with Gasteiger partial charge in [0, 0.05) is 32.3 Å². The van der Waals surface area contributed by atoms with Crippen molar-refractivity contribution in [3.63, 3.8) is 0 Å². The summed E-state index contributed by atoms with van der Waals surface area (Å²) >= 11 is 0. The molecule has 0 saturated carbocycles. The number of halogens is 1. The molecule has 25 heavy (non-hydrogen) atoms. The van der Waals surface area contributed by atoms with Gasteiger partial charge in [0.1, 0.15) is 0 Å². The number of guanidine groups is 1. The summed E-state index contributed by atoms with van der Waals surface area (Å²) in [7, 11) is 5.82. The highest BCUT2D eigenvalue weighted by molar-refractivity contribution is 14.0. The summed E-state index contributed by atoms with van der Waals surface area (Å²) in [6.45, 7) is 8.64. The molecule has 1 atom stereocenters. The van der Waals surface area contributed by atoms with Crippen molar-refractivity contribution in [2.75, 3.05) is 60.5 Å². The third-order valence-corrected chi connectivity index (χ3v) is 5.55. The first-order valence-corrected chi connectivity index (χ1v) is 9.49. The molecule has 0 aliphatic carbocycles. The number of methoxy groups -OCH3 is 1. The molecule has 2 fully saturated rings. The van der Waals surface area contributed by atoms with Crippen LogP contribution in [0.1, 0.15) is 39.0 Å². The van der Waals surface area contributed by atoms with Crippen molar-refractivity contribution in [3.05, 3.63) is 0 Å². The van der Waals surface area contributed by atoms with E-state index in [4.69, 9.17) is 4.74 Å². The Labute approximate surface area is 171 Å². The Balaban J connectivity index is 0.00000312. The Morgan fingerprint density at radius 2 is 1.80 bits per heavy atom. The van der Waals surface area contributed by atoms with E-state index in [-0.39, 0.29) is 35.6 Å². The summed E-state index contributed by atoms with van der Waals surface area (Å²) in [5.74, 6) is 0.884. The highest BCUT2D eigenvalue weighted by atomic mass is 127. The third-order valence-electron chi connectivity index (χ3n) is 5.55. The maximum atomic E-state index is 5.21. The van der Waals surface area contributed by atoms with E-state index in [0.29, 0.717) is 6.61 Å². The molecule has 0 spiro atoms. The van der Waals surface area contributed by atoms with Crippen LogP contribution in [0.2, 0.25) is 0 Å². The van der Waals surface area contributed by atoms with Gasteiger partial charge in [-0.05, 0) is 65.8 Å². The van der Waals surface area contributed by atoms with Gasteiger partial charge in [0.2, 0.25) is 0 Å². The second-order valence-electron chi connectivity index (χ2n) is 7.50. The number of nitrogens with zero attached hydrogens (tertiary/aromatic N) is 3. The molecule has 0 bridgehead atoms. The molecule has 0 aromatic heterocycles. The van der Waals surface area contributed by atoms with Crippen LogP contribution in [-0.2, 0) is 4.74 Å². The van der Waals surface area contributed by atoms with Crippen molar-refractivity contribution in [1.82, 2.24) is 20.4 Å². The first-order valence-electron chi connectivity index (χ1n) is 9.49. The van der Waals surface area contributed by atoms with Crippen LogP contribution in [0.25, 0.3) is 0 Å². The summed E-state index contributed by atoms with van der Waals surface area (Å²) < 4.78 is 5.21. The standard InChI is InChI=1S/C18H37N5O.HI/c1-16(14-24-4)21-17(19-2)20-15-18(8-12-22(3)13-9-18)23-10-6-5-7-11-23;/h16H,5-15H2,1-4H3,(H2,19,20,21);1H. The lowest BCUT2D eigenvalue weighted by Crippen LogP contribution is -2.62. The molecule has 0 aromatic rings. The number of ether oxygens (including phenoxy) is 1. The summed E-state index contributed by atoms with van der Waals surface area (Å²) in [6.07, 6.45) is 6.55. The van der Waals surface area contributed by atoms with Gasteiger partial charge in [-0.3, -0.25) is 9.89 Å². The van der Waals surface area contributed by atoms with Crippen LogP contribution in [0.15, 0.2) is 4.99 Å². The zero-order valence-corrected chi connectivity index (χ0v) is 18.8. The van der Waals surface area contributed by atoms with Crippen LogP contribution in [-0.4, -0.2) is 87.9 Å². The predicted molar refractivity (Wildman–Crippen MR) is 116 cm³/mol. The van der Waals surface area contributed by atoms with Crippen LogP contribution in [0.3, 0.4) is 0 Å². The highest BCUT2D eigenvalue weighted by Gasteiger charge is 2.39. The monoisotopic (exact) mass is 467 g/mol. The summed E-state index contributed by atoms with van der Waals surface area (Å²) in [4.78, 5) is 9.60. The third kappa shape index (κ3) is 6.84. The summed E-state index contributed by atoms with van der Waals surface area (Å²) in [5, 5.41) is 7.03. The van der Waals surface area contributed by atoms with Crippen molar-refractivity contribution < 1.29 is 4.74 Å². The van der Waals surface area contributed by atoms with Crippen LogP contribution in [0.4, 0.5) is 0 Å². The molecule has 148 valence electrons. The number of piperidine rings is 2. The molecule has 6 nitrogen and oxygen atoms in total. The number of aliphatic imine (C=N–C) groups is 1. The molecule has 0 radical (unpaired) electrons. The molecule has 2 heterocycles. The number of hydrogen-bond acceptors (Lipinski definition) is 4. The maximum absolute atomic E-state index is 5.21. The van der Waals surface area contributed by atoms with Crippen molar-refractivity contribution in [2.45, 2.75) is 50.6 Å². The van der Waals surface area contributed by atoms with E-state index in [2.05, 4.69) is 39.4 Å². The SMILES string of the molecule is CN=C(NCC1(N2CCCCC2)CCN(C)CC1)NC(C)COC.I. The molecule has 1 unspecified atom stereocenters. The van der Waals surface area contributed by atoms with Gasteiger partial charge >= 0.3 is 0 Å². The van der Waals surface area contributed by atoms with Crippen LogP contribution >= 0.6 is 24.0 Å². The van der Waals surface area contributed by atoms with Crippen LogP contribution < -0.4 is 10.6 Å². The van der Waals surface area contributed by atoms with Gasteiger partial charge in [-0.15, -0.1) is 24.0 Å². The number of likely N-dealkylation sites (tertiary alicyclic amines) is 2. The van der Waals surface area contributed by atoms with Gasteiger partial charge in [0.15, 0.2) is 5.96 Å². The largest absolute Gasteiger partial charge is 0.383 e. The molecular weight excluding hydrogens is 429 g/mol. The van der Waals surface area contributed by atoms with E-state index in [1.54, 1.807) is 7.11 Å². The zero-order valence-electron chi connectivity index (χ0n) is 16.5. The van der Waals surface area contributed by atoms with Gasteiger partial charge in [-0.25, -0.2) is 0 Å². The molecule has 2 rings (SSSR count). The fourth-order valence-corrected chi connectivity index (χ4v) is 3.98. The van der Waals surface area contributed by atoms with Crippen molar-refractivity contribution in [1.29, 1.82) is 0 Å². The average molecular weight is 467 g/mol. The Morgan fingerprint density at radius 3 is 2.36 bits per heavy atom. The highest BCUT2D eigenvalue weighted by Crippen LogP contribution is 2.30. The molecule has 2 aliphatic rings. The zero-order chi connectivity index (χ0) is 17.4. The Kier molecular flexibility index (Phi) is 10.6. The minimum Gasteiger partial charge on any atom is -0.383 e. The molecule has 2 saturated heterocycles. The summed E-state index contributed by atoms with van der Waals surface area (Å²) in [5.41, 5.74) is 0.273. The lowest BCUT2D eigenvalue weighted by Gasteiger charge is -2.50. The first-order chi connectivity index (χ1) is 11.6. The Bertz CT molecular complexity index is 393. The van der Waals surface area contributed by atoms with Gasteiger partial charge in [-0.2, -0.15) is 0 Å². The molecule has 2 N–H and O–H groups in total. The molecular formula is C18H38IN5O. The quantitative estimate of drug-likeness (QED) is 0.354. The van der Waals surface area contributed by atoms with Crippen LogP contribution in [0, 0.1) is 0 Å². The fraction of sp³-hybridized carbons (Fsp3) is 0.944. The van der Waals surface area contributed by atoms with Gasteiger partial charge in [0.05, 0.1) is 6.61 Å². The van der Waals surface area contributed by atoms with E-state index in [1.165, 1.54) is 58.3 Å². The van der Waals surface area contributed by atoms with E-state index < -0.39 is 0 Å². The number of nitrogens with one attached hydrogen (secondary N) is 2. The predicted octanol–water partition coefficient (Wildman–Crippen LogP) is 1.75. The van der Waals surface area contributed by atoms with E-state index in [9.17, 15) is 0 Å². The average Bonchev–Trinajstić information content (AvgIpc) is 2.61. The van der Waals surface area contributed by atoms with Gasteiger partial charge < -0.3 is 20.3 Å². The van der Waals surface area contributed by atoms with Crippen molar-refractivity contribution >= 4 is 29.9 Å². The normalized spacial score (nSPS) is 23.6. The van der Waals surface area contributed by atoms with E-state index >= 15 is 0 Å². The maximum Gasteiger partial charge on any atom is 0.191 e. The minimum atomic E-state index is 0. The summed E-state index contributed by atoms with van der Waals surface area (Å²) in [6, 6.07) is 0.254. The van der Waals surface area contributed by atoms with E-state index in [0.717, 1.165) is 12.5 Å². The van der Waals surface area contributed by atoms with Crippen LogP contribution in [0.5, 0.6) is 0 Å². The lowest BCUT2D eigenvalue weighted by atomic mass is 9.84. The van der Waals surface area contributed by atoms with Crippen molar-refractivity contribution in [2.24, 2.45) is 4.99 Å². The molecule has 7 heteroatoms. The smallest absolute Gasteiger partial charge is 0.191 e. The van der Waals surface area contributed by atoms with Gasteiger partial charge in [-0.1, -0.05) is 6.42 Å².